The van der Waals surface area contributed by atoms with E-state index in [-0.39, 0.29) is 24.0 Å². The van der Waals surface area contributed by atoms with E-state index in [1.165, 1.54) is 5.56 Å². The van der Waals surface area contributed by atoms with Crippen LogP contribution in [0.2, 0.25) is 0 Å². The van der Waals surface area contributed by atoms with Gasteiger partial charge in [0.15, 0.2) is 5.71 Å². The monoisotopic (exact) mass is 415 g/mol. The van der Waals surface area contributed by atoms with Crippen LogP contribution in [0.5, 0.6) is 0 Å². The van der Waals surface area contributed by atoms with Crippen LogP contribution in [0.3, 0.4) is 0 Å². The minimum Gasteiger partial charge on any atom is -0.479 e. The summed E-state index contributed by atoms with van der Waals surface area (Å²) in [6.45, 7) is 1.10. The van der Waals surface area contributed by atoms with E-state index >= 15 is 0 Å². The summed E-state index contributed by atoms with van der Waals surface area (Å²) >= 11 is 0. The van der Waals surface area contributed by atoms with E-state index in [0.717, 1.165) is 41.9 Å². The van der Waals surface area contributed by atoms with E-state index in [9.17, 15) is 9.59 Å². The fourth-order valence-electron chi connectivity index (χ4n) is 3.93. The fourth-order valence-corrected chi connectivity index (χ4v) is 3.93. The number of carbonyl (C=O) groups is 2. The first kappa shape index (κ1) is 20.8. The number of amides is 1. The van der Waals surface area contributed by atoms with Gasteiger partial charge in [0.2, 0.25) is 6.61 Å². The highest BCUT2D eigenvalue weighted by molar-refractivity contribution is 6.54. The highest BCUT2D eigenvalue weighted by Gasteiger charge is 2.37. The molecule has 8 heteroatoms. The quantitative estimate of drug-likeness (QED) is 0.776. The first-order chi connectivity index (χ1) is 13.5. The molecule has 1 amide bonds. The van der Waals surface area contributed by atoms with Crippen LogP contribution in [-0.2, 0) is 27.4 Å². The van der Waals surface area contributed by atoms with Crippen molar-refractivity contribution in [1.29, 1.82) is 0 Å². The molecule has 0 spiro atoms. The van der Waals surface area contributed by atoms with Crippen molar-refractivity contribution in [3.05, 3.63) is 53.1 Å². The van der Waals surface area contributed by atoms with E-state index in [0.29, 0.717) is 5.56 Å². The van der Waals surface area contributed by atoms with Gasteiger partial charge in [-0.05, 0) is 41.8 Å². The molecule has 0 saturated carbocycles. The standard InChI is InChI=1S/C21H21N3O4.ClH/c1-23-9-8-14-15(13-6-4-3-5-7-13)10-16-19(22-28-12-18(25)26)21(27)24(2)20(16)17(14)11-23;/h3-7,10H,8-9,11-12H2,1-2H3,(H,25,26);1H. The van der Waals surface area contributed by atoms with Crippen molar-refractivity contribution in [2.75, 3.05) is 32.1 Å². The zero-order valence-corrected chi connectivity index (χ0v) is 17.0. The summed E-state index contributed by atoms with van der Waals surface area (Å²) in [7, 11) is 3.78. The number of rotatable bonds is 4. The Balaban J connectivity index is 0.00000240. The molecule has 2 aromatic rings. The summed E-state index contributed by atoms with van der Waals surface area (Å²) in [6, 6.07) is 12.1. The van der Waals surface area contributed by atoms with Crippen molar-refractivity contribution in [2.24, 2.45) is 5.16 Å². The Morgan fingerprint density at radius 1 is 1.17 bits per heavy atom. The summed E-state index contributed by atoms with van der Waals surface area (Å²) < 4.78 is 0. The number of carbonyl (C=O) groups excluding carboxylic acids is 1. The minimum absolute atomic E-state index is 0. The molecule has 2 aliphatic heterocycles. The zero-order chi connectivity index (χ0) is 19.8. The first-order valence-corrected chi connectivity index (χ1v) is 9.10. The highest BCUT2D eigenvalue weighted by atomic mass is 35.5. The van der Waals surface area contributed by atoms with Gasteiger partial charge in [0, 0.05) is 25.7 Å². The molecule has 2 aromatic carbocycles. The SMILES string of the molecule is CN1CCc2c(-c3ccccc3)cc3c(c2C1)N(C)C(=O)C3=NOCC(=O)O.Cl. The molecule has 1 N–H and O–H groups in total. The molecule has 152 valence electrons. The van der Waals surface area contributed by atoms with Crippen molar-refractivity contribution in [1.82, 2.24) is 4.90 Å². The molecule has 0 aromatic heterocycles. The lowest BCUT2D eigenvalue weighted by Crippen LogP contribution is -2.30. The average molecular weight is 416 g/mol. The van der Waals surface area contributed by atoms with Crippen LogP contribution in [0.25, 0.3) is 11.1 Å². The maximum absolute atomic E-state index is 12.8. The van der Waals surface area contributed by atoms with Gasteiger partial charge in [-0.3, -0.25) is 4.79 Å². The van der Waals surface area contributed by atoms with Gasteiger partial charge < -0.3 is 19.7 Å². The van der Waals surface area contributed by atoms with Crippen LogP contribution in [0.15, 0.2) is 41.6 Å². The third-order valence-corrected chi connectivity index (χ3v) is 5.22. The number of carboxylic acids is 1. The summed E-state index contributed by atoms with van der Waals surface area (Å²) in [5, 5.41) is 12.7. The lowest BCUT2D eigenvalue weighted by molar-refractivity contribution is -0.142. The van der Waals surface area contributed by atoms with Crippen molar-refractivity contribution in [3.8, 4) is 11.1 Å². The van der Waals surface area contributed by atoms with Crippen LogP contribution in [0.4, 0.5) is 5.69 Å². The Kier molecular flexibility index (Phi) is 5.91. The molecule has 2 aliphatic rings. The summed E-state index contributed by atoms with van der Waals surface area (Å²) in [6.07, 6.45) is 0.896. The second-order valence-electron chi connectivity index (χ2n) is 7.10. The van der Waals surface area contributed by atoms with E-state index < -0.39 is 12.6 Å². The van der Waals surface area contributed by atoms with Crippen LogP contribution in [0.1, 0.15) is 16.7 Å². The second kappa shape index (κ2) is 8.23. The van der Waals surface area contributed by atoms with Gasteiger partial charge >= 0.3 is 5.97 Å². The normalized spacial score (nSPS) is 17.0. The maximum Gasteiger partial charge on any atom is 0.344 e. The van der Waals surface area contributed by atoms with Crippen LogP contribution >= 0.6 is 12.4 Å². The summed E-state index contributed by atoms with van der Waals surface area (Å²) in [5.41, 5.74) is 6.19. The maximum atomic E-state index is 12.8. The van der Waals surface area contributed by atoms with Crippen molar-refractivity contribution in [2.45, 2.75) is 13.0 Å². The lowest BCUT2D eigenvalue weighted by atomic mass is 9.87. The predicted molar refractivity (Wildman–Crippen MR) is 113 cm³/mol. The number of likely N-dealkylation sites (N-methyl/N-ethyl adjacent to an activating group) is 2. The molecule has 0 bridgehead atoms. The lowest BCUT2D eigenvalue weighted by Gasteiger charge is -2.30. The second-order valence-corrected chi connectivity index (χ2v) is 7.10. The number of halogens is 1. The van der Waals surface area contributed by atoms with Crippen LogP contribution in [0, 0.1) is 0 Å². The number of oxime groups is 1. The number of nitrogens with zero attached hydrogens (tertiary/aromatic N) is 3. The van der Waals surface area contributed by atoms with E-state index in [2.05, 4.69) is 29.2 Å². The Bertz CT molecular complexity index is 991. The fraction of sp³-hybridized carbons (Fsp3) is 0.286. The van der Waals surface area contributed by atoms with E-state index in [1.807, 2.05) is 24.3 Å². The number of fused-ring (bicyclic) bond motifs is 3. The van der Waals surface area contributed by atoms with Crippen LogP contribution < -0.4 is 4.90 Å². The molecule has 0 aliphatic carbocycles. The van der Waals surface area contributed by atoms with Gasteiger partial charge in [0.1, 0.15) is 0 Å². The number of carboxylic acid groups (broad SMARTS) is 1. The number of anilines is 1. The van der Waals surface area contributed by atoms with E-state index in [4.69, 9.17) is 9.94 Å². The number of hydrogen-bond acceptors (Lipinski definition) is 5. The molecule has 4 rings (SSSR count). The van der Waals surface area contributed by atoms with Crippen molar-refractivity contribution in [3.63, 3.8) is 0 Å². The number of aliphatic carboxylic acids is 1. The molecule has 0 radical (unpaired) electrons. The van der Waals surface area contributed by atoms with Crippen molar-refractivity contribution < 1.29 is 19.5 Å². The Morgan fingerprint density at radius 2 is 1.90 bits per heavy atom. The molecule has 0 fully saturated rings. The molecule has 2 heterocycles. The molecule has 29 heavy (non-hydrogen) atoms. The largest absolute Gasteiger partial charge is 0.479 e. The number of benzene rings is 2. The first-order valence-electron chi connectivity index (χ1n) is 9.10. The molecule has 7 nitrogen and oxygen atoms in total. The van der Waals surface area contributed by atoms with Gasteiger partial charge in [-0.15, -0.1) is 12.4 Å². The molecule has 0 saturated heterocycles. The summed E-state index contributed by atoms with van der Waals surface area (Å²) in [5.74, 6) is -1.43. The Hall–Kier alpha value is -2.90. The predicted octanol–water partition coefficient (Wildman–Crippen LogP) is 2.55. The van der Waals surface area contributed by atoms with E-state index in [1.54, 1.807) is 11.9 Å². The Labute approximate surface area is 175 Å². The third kappa shape index (κ3) is 3.71. The third-order valence-electron chi connectivity index (χ3n) is 5.22. The molecular weight excluding hydrogens is 394 g/mol. The molecule has 0 atom stereocenters. The average Bonchev–Trinajstić information content (AvgIpc) is 2.92. The number of hydrogen-bond donors (Lipinski definition) is 1. The van der Waals surface area contributed by atoms with Crippen molar-refractivity contribution >= 4 is 35.7 Å². The molecule has 0 unspecified atom stereocenters. The topological polar surface area (TPSA) is 82.4 Å². The van der Waals surface area contributed by atoms with Gasteiger partial charge in [-0.2, -0.15) is 0 Å². The zero-order valence-electron chi connectivity index (χ0n) is 16.2. The van der Waals surface area contributed by atoms with Crippen LogP contribution in [-0.4, -0.2) is 54.8 Å². The molecular formula is C21H22ClN3O4. The van der Waals surface area contributed by atoms with Gasteiger partial charge in [0.05, 0.1) is 5.69 Å². The smallest absolute Gasteiger partial charge is 0.344 e. The summed E-state index contributed by atoms with van der Waals surface area (Å²) in [4.78, 5) is 32.3. The van der Waals surface area contributed by atoms with Gasteiger partial charge in [-0.25, -0.2) is 4.79 Å². The minimum atomic E-state index is -1.14. The Morgan fingerprint density at radius 3 is 2.59 bits per heavy atom. The van der Waals surface area contributed by atoms with Gasteiger partial charge in [-0.1, -0.05) is 35.5 Å². The van der Waals surface area contributed by atoms with Gasteiger partial charge in [0.25, 0.3) is 5.91 Å². The highest BCUT2D eigenvalue weighted by Crippen LogP contribution is 2.42.